The first-order chi connectivity index (χ1) is 12.5. The van der Waals surface area contributed by atoms with Gasteiger partial charge in [0.25, 0.3) is 0 Å². The quantitative estimate of drug-likeness (QED) is 0.560. The molecule has 134 valence electrons. The largest absolute Gasteiger partial charge is 0.451 e. The first-order valence-electron chi connectivity index (χ1n) is 8.06. The summed E-state index contributed by atoms with van der Waals surface area (Å²) < 4.78 is 6.50. The van der Waals surface area contributed by atoms with Crippen LogP contribution in [-0.2, 0) is 0 Å². The lowest BCUT2D eigenvalue weighted by atomic mass is 10.1. The lowest BCUT2D eigenvalue weighted by molar-refractivity contribution is 0.0909. The van der Waals surface area contributed by atoms with Gasteiger partial charge in [-0.1, -0.05) is 46.3 Å². The number of carbonyl (C=O) groups is 2. The van der Waals surface area contributed by atoms with Crippen molar-refractivity contribution in [1.82, 2.24) is 16.2 Å². The number of halogens is 1. The van der Waals surface area contributed by atoms with Crippen molar-refractivity contribution < 1.29 is 14.0 Å². The fourth-order valence-electron chi connectivity index (χ4n) is 2.65. The molecule has 3 aromatic rings. The van der Waals surface area contributed by atoms with E-state index in [9.17, 15) is 9.59 Å². The summed E-state index contributed by atoms with van der Waals surface area (Å²) in [4.78, 5) is 24.3. The highest BCUT2D eigenvalue weighted by Gasteiger charge is 2.18. The molecule has 0 aliphatic carbocycles. The van der Waals surface area contributed by atoms with Gasteiger partial charge in [0, 0.05) is 15.4 Å². The third-order valence-corrected chi connectivity index (χ3v) is 4.53. The van der Waals surface area contributed by atoms with E-state index >= 15 is 0 Å². The molecule has 0 aliphatic heterocycles. The van der Waals surface area contributed by atoms with Gasteiger partial charge in [0.1, 0.15) is 5.58 Å². The molecular weight excluding hydrogens is 398 g/mol. The molecule has 0 saturated carbocycles. The number of aryl methyl sites for hydroxylation is 1. The van der Waals surface area contributed by atoms with E-state index in [1.54, 1.807) is 13.0 Å². The lowest BCUT2D eigenvalue weighted by Gasteiger charge is -2.15. The summed E-state index contributed by atoms with van der Waals surface area (Å²) >= 11 is 3.40. The number of hydrazine groups is 1. The Morgan fingerprint density at radius 2 is 1.85 bits per heavy atom. The van der Waals surface area contributed by atoms with Crippen LogP contribution in [0.5, 0.6) is 0 Å². The summed E-state index contributed by atoms with van der Waals surface area (Å²) in [6.07, 6.45) is 0. The van der Waals surface area contributed by atoms with Crippen LogP contribution in [0, 0.1) is 6.92 Å². The maximum Gasteiger partial charge on any atom is 0.333 e. The van der Waals surface area contributed by atoms with Crippen LogP contribution < -0.4 is 16.2 Å². The van der Waals surface area contributed by atoms with Crippen molar-refractivity contribution in [3.05, 3.63) is 69.9 Å². The fraction of sp³-hybridized carbons (Fsp3) is 0.158. The molecule has 0 unspecified atom stereocenters. The van der Waals surface area contributed by atoms with Crippen molar-refractivity contribution in [3.63, 3.8) is 0 Å². The molecule has 0 bridgehead atoms. The average molecular weight is 416 g/mol. The summed E-state index contributed by atoms with van der Waals surface area (Å²) in [5, 5.41) is 3.62. The Hall–Kier alpha value is -2.80. The van der Waals surface area contributed by atoms with Crippen molar-refractivity contribution in [2.45, 2.75) is 19.9 Å². The van der Waals surface area contributed by atoms with Crippen molar-refractivity contribution >= 4 is 38.8 Å². The minimum Gasteiger partial charge on any atom is -0.451 e. The number of hydrogen-bond donors (Lipinski definition) is 3. The third kappa shape index (κ3) is 3.88. The number of nitrogens with one attached hydrogen (secondary N) is 3. The molecule has 3 rings (SSSR count). The highest BCUT2D eigenvalue weighted by Crippen LogP contribution is 2.24. The zero-order valence-corrected chi connectivity index (χ0v) is 15.9. The van der Waals surface area contributed by atoms with Crippen LogP contribution in [0.25, 0.3) is 11.0 Å². The molecule has 6 nitrogen and oxygen atoms in total. The number of para-hydroxylation sites is 1. The van der Waals surface area contributed by atoms with Crippen LogP contribution in [0.3, 0.4) is 0 Å². The number of rotatable bonds is 3. The molecule has 0 radical (unpaired) electrons. The highest BCUT2D eigenvalue weighted by atomic mass is 79.9. The number of amides is 3. The number of fused-ring (bicyclic) bond motifs is 1. The van der Waals surface area contributed by atoms with Gasteiger partial charge < -0.3 is 9.73 Å². The van der Waals surface area contributed by atoms with Crippen molar-refractivity contribution in [3.8, 4) is 0 Å². The predicted octanol–water partition coefficient (Wildman–Crippen LogP) is 4.21. The van der Waals surface area contributed by atoms with E-state index in [0.717, 1.165) is 21.0 Å². The van der Waals surface area contributed by atoms with Crippen molar-refractivity contribution in [2.75, 3.05) is 0 Å². The Bertz CT molecular complexity index is 968. The van der Waals surface area contributed by atoms with Crippen LogP contribution in [0.1, 0.15) is 34.6 Å². The molecule has 0 saturated heterocycles. The zero-order chi connectivity index (χ0) is 18.7. The van der Waals surface area contributed by atoms with Gasteiger partial charge in [-0.05, 0) is 37.6 Å². The third-order valence-electron chi connectivity index (χ3n) is 4.04. The fourth-order valence-corrected chi connectivity index (χ4v) is 3.07. The van der Waals surface area contributed by atoms with Gasteiger partial charge in [-0.25, -0.2) is 10.2 Å². The molecule has 1 aromatic heterocycles. The van der Waals surface area contributed by atoms with E-state index in [0.29, 0.717) is 5.58 Å². The number of benzene rings is 2. The lowest BCUT2D eigenvalue weighted by Crippen LogP contribution is -2.47. The Kier molecular flexibility index (Phi) is 5.27. The van der Waals surface area contributed by atoms with Crippen LogP contribution >= 0.6 is 15.9 Å². The molecule has 7 heteroatoms. The second-order valence-corrected chi connectivity index (χ2v) is 6.80. The standard InChI is InChI=1S/C19H18BrN3O3/c1-11-15-8-3-4-9-16(15)26-17(11)18(24)22-23-19(25)21-12(2)13-6-5-7-14(20)10-13/h3-10,12H,1-2H3,(H,22,24)(H2,21,23,25)/t12-/m0/s1. The number of urea groups is 1. The normalized spacial score (nSPS) is 11.8. The molecule has 0 spiro atoms. The van der Waals surface area contributed by atoms with Gasteiger partial charge >= 0.3 is 11.9 Å². The molecule has 0 fully saturated rings. The Morgan fingerprint density at radius 3 is 2.58 bits per heavy atom. The SMILES string of the molecule is Cc1c(C(=O)NNC(=O)N[C@@H](C)c2cccc(Br)c2)oc2ccccc12. The Morgan fingerprint density at radius 1 is 1.08 bits per heavy atom. The number of carbonyl (C=O) groups excluding carboxylic acids is 2. The molecule has 3 amide bonds. The van der Waals surface area contributed by atoms with E-state index in [4.69, 9.17) is 4.42 Å². The molecule has 1 atom stereocenters. The summed E-state index contributed by atoms with van der Waals surface area (Å²) in [5.74, 6) is -0.338. The average Bonchev–Trinajstić information content (AvgIpc) is 2.97. The molecule has 0 aliphatic rings. The first kappa shape index (κ1) is 18.0. The van der Waals surface area contributed by atoms with E-state index in [1.807, 2.05) is 49.4 Å². The van der Waals surface area contributed by atoms with Crippen LogP contribution in [-0.4, -0.2) is 11.9 Å². The molecule has 3 N–H and O–H groups in total. The second-order valence-electron chi connectivity index (χ2n) is 5.88. The van der Waals surface area contributed by atoms with E-state index in [2.05, 4.69) is 32.1 Å². The van der Waals surface area contributed by atoms with Gasteiger partial charge in [-0.2, -0.15) is 0 Å². The number of hydrogen-bond acceptors (Lipinski definition) is 3. The minimum atomic E-state index is -0.514. The van der Waals surface area contributed by atoms with Gasteiger partial charge in [-0.3, -0.25) is 10.2 Å². The number of furan rings is 1. The summed E-state index contributed by atoms with van der Waals surface area (Å²) in [7, 11) is 0. The van der Waals surface area contributed by atoms with E-state index in [1.165, 1.54) is 0 Å². The second kappa shape index (κ2) is 7.61. The van der Waals surface area contributed by atoms with Gasteiger partial charge in [0.05, 0.1) is 6.04 Å². The van der Waals surface area contributed by atoms with Gasteiger partial charge in [0.15, 0.2) is 5.76 Å². The molecule has 26 heavy (non-hydrogen) atoms. The van der Waals surface area contributed by atoms with Gasteiger partial charge in [-0.15, -0.1) is 0 Å². The summed E-state index contributed by atoms with van der Waals surface area (Å²) in [6.45, 7) is 3.66. The van der Waals surface area contributed by atoms with Crippen molar-refractivity contribution in [2.24, 2.45) is 0 Å². The van der Waals surface area contributed by atoms with Crippen molar-refractivity contribution in [1.29, 1.82) is 0 Å². The van der Waals surface area contributed by atoms with Gasteiger partial charge in [0.2, 0.25) is 0 Å². The maximum absolute atomic E-state index is 12.3. The molecule has 1 heterocycles. The Balaban J connectivity index is 1.60. The first-order valence-corrected chi connectivity index (χ1v) is 8.85. The smallest absolute Gasteiger partial charge is 0.333 e. The summed E-state index contributed by atoms with van der Waals surface area (Å²) in [5.41, 5.74) is 7.00. The van der Waals surface area contributed by atoms with E-state index < -0.39 is 11.9 Å². The Labute approximate surface area is 159 Å². The maximum atomic E-state index is 12.3. The van der Waals surface area contributed by atoms with Crippen LogP contribution in [0.2, 0.25) is 0 Å². The topological polar surface area (TPSA) is 83.4 Å². The van der Waals surface area contributed by atoms with Crippen LogP contribution in [0.15, 0.2) is 57.4 Å². The minimum absolute atomic E-state index is 0.173. The van der Waals surface area contributed by atoms with Crippen LogP contribution in [0.4, 0.5) is 4.79 Å². The van der Waals surface area contributed by atoms with E-state index in [-0.39, 0.29) is 11.8 Å². The molecular formula is C19H18BrN3O3. The highest BCUT2D eigenvalue weighted by molar-refractivity contribution is 9.10. The summed E-state index contributed by atoms with van der Waals surface area (Å²) in [6, 6.07) is 14.3. The predicted molar refractivity (Wildman–Crippen MR) is 103 cm³/mol. The zero-order valence-electron chi connectivity index (χ0n) is 14.3. The monoisotopic (exact) mass is 415 g/mol. The molecule has 2 aromatic carbocycles.